The molecule has 0 saturated carbocycles. The lowest BCUT2D eigenvalue weighted by Crippen LogP contribution is -2.21. The molecule has 0 aliphatic rings. The minimum Gasteiger partial charge on any atom is -0.500 e. The van der Waals surface area contributed by atoms with Gasteiger partial charge in [0.15, 0.2) is 0 Å². The lowest BCUT2D eigenvalue weighted by molar-refractivity contribution is 0.251. The molecule has 86 valence electrons. The van der Waals surface area contributed by atoms with Crippen LogP contribution < -0.4 is 5.32 Å². The Morgan fingerprint density at radius 3 is 2.81 bits per heavy atom. The first-order chi connectivity index (χ1) is 7.93. The Hall–Kier alpha value is -1.61. The zero-order valence-corrected chi connectivity index (χ0v) is 9.43. The molecule has 0 fully saturated rings. The molecule has 3 nitrogen and oxygen atoms in total. The summed E-state index contributed by atoms with van der Waals surface area (Å²) in [6.07, 6.45) is 3.34. The molecule has 0 bridgehead atoms. The molecule has 0 aliphatic carbocycles. The van der Waals surface area contributed by atoms with Gasteiger partial charge in [-0.3, -0.25) is 4.99 Å². The summed E-state index contributed by atoms with van der Waals surface area (Å²) in [7, 11) is 0. The Kier molecular flexibility index (Phi) is 6.76. The van der Waals surface area contributed by atoms with Crippen LogP contribution in [0.1, 0.15) is 5.56 Å². The van der Waals surface area contributed by atoms with Crippen LogP contribution in [-0.4, -0.2) is 32.5 Å². The van der Waals surface area contributed by atoms with E-state index in [1.807, 2.05) is 36.5 Å². The number of aliphatic imine (C=N–C) groups is 1. The van der Waals surface area contributed by atoms with E-state index in [-0.39, 0.29) is 0 Å². The molecule has 0 aromatic heterocycles. The van der Waals surface area contributed by atoms with Crippen LogP contribution in [-0.2, 0) is 4.74 Å². The summed E-state index contributed by atoms with van der Waals surface area (Å²) in [6, 6.07) is 10.1. The second-order valence-corrected chi connectivity index (χ2v) is 3.23. The van der Waals surface area contributed by atoms with Gasteiger partial charge >= 0.3 is 0 Å². The van der Waals surface area contributed by atoms with Gasteiger partial charge in [-0.25, -0.2) is 0 Å². The van der Waals surface area contributed by atoms with Gasteiger partial charge in [-0.2, -0.15) is 0 Å². The third-order valence-corrected chi connectivity index (χ3v) is 1.97. The average molecular weight is 218 g/mol. The van der Waals surface area contributed by atoms with Crippen molar-refractivity contribution in [2.24, 2.45) is 4.99 Å². The number of nitrogens with one attached hydrogen (secondary N) is 1. The Bertz CT molecular complexity index is 309. The molecule has 1 rings (SSSR count). The summed E-state index contributed by atoms with van der Waals surface area (Å²) in [6.45, 7) is 6.60. The van der Waals surface area contributed by atoms with Crippen LogP contribution in [0.25, 0.3) is 0 Å². The molecule has 1 N–H and O–H groups in total. The predicted molar refractivity (Wildman–Crippen MR) is 67.9 cm³/mol. The zero-order chi connectivity index (χ0) is 11.5. The Balaban J connectivity index is 2.03. The van der Waals surface area contributed by atoms with E-state index in [2.05, 4.69) is 16.9 Å². The van der Waals surface area contributed by atoms with Crippen LogP contribution in [0.4, 0.5) is 0 Å². The lowest BCUT2D eigenvalue weighted by Gasteiger charge is -2.01. The Labute approximate surface area is 96.9 Å². The maximum Gasteiger partial charge on any atom is 0.0997 e. The lowest BCUT2D eigenvalue weighted by atomic mass is 10.2. The maximum atomic E-state index is 4.97. The quantitative estimate of drug-likeness (QED) is 0.410. The molecule has 0 amide bonds. The number of hydrogen-bond donors (Lipinski definition) is 1. The van der Waals surface area contributed by atoms with Crippen molar-refractivity contribution in [2.75, 3.05) is 26.2 Å². The van der Waals surface area contributed by atoms with Gasteiger partial charge in [-0.05, 0) is 5.56 Å². The summed E-state index contributed by atoms with van der Waals surface area (Å²) in [5, 5.41) is 3.22. The first-order valence-electron chi connectivity index (χ1n) is 5.41. The zero-order valence-electron chi connectivity index (χ0n) is 9.43. The van der Waals surface area contributed by atoms with Crippen molar-refractivity contribution >= 4 is 6.21 Å². The second kappa shape index (κ2) is 8.68. The third-order valence-electron chi connectivity index (χ3n) is 1.97. The fourth-order valence-electron chi connectivity index (χ4n) is 1.19. The summed E-state index contributed by atoms with van der Waals surface area (Å²) < 4.78 is 4.97. The molecule has 0 atom stereocenters. The maximum absolute atomic E-state index is 4.97. The molecule has 16 heavy (non-hydrogen) atoms. The highest BCUT2D eigenvalue weighted by Gasteiger charge is 1.86. The fourth-order valence-corrected chi connectivity index (χ4v) is 1.19. The number of ether oxygens (including phenoxy) is 1. The van der Waals surface area contributed by atoms with Crippen molar-refractivity contribution in [3.05, 3.63) is 48.7 Å². The summed E-state index contributed by atoms with van der Waals surface area (Å²) in [4.78, 5) is 4.31. The van der Waals surface area contributed by atoms with Gasteiger partial charge in [0.2, 0.25) is 0 Å². The van der Waals surface area contributed by atoms with Crippen LogP contribution in [0, 0.1) is 0 Å². The van der Waals surface area contributed by atoms with E-state index in [1.165, 1.54) is 6.26 Å². The van der Waals surface area contributed by atoms with E-state index < -0.39 is 0 Å². The summed E-state index contributed by atoms with van der Waals surface area (Å²) in [5.74, 6) is 0. The Morgan fingerprint density at radius 1 is 1.25 bits per heavy atom. The van der Waals surface area contributed by atoms with Gasteiger partial charge in [0.25, 0.3) is 0 Å². The normalized spacial score (nSPS) is 10.5. The number of benzene rings is 1. The first kappa shape index (κ1) is 12.5. The van der Waals surface area contributed by atoms with Crippen LogP contribution >= 0.6 is 0 Å². The van der Waals surface area contributed by atoms with Gasteiger partial charge in [0.05, 0.1) is 19.4 Å². The monoisotopic (exact) mass is 218 g/mol. The number of nitrogens with zero attached hydrogens (tertiary/aromatic N) is 1. The van der Waals surface area contributed by atoms with Gasteiger partial charge in [0.1, 0.15) is 0 Å². The first-order valence-corrected chi connectivity index (χ1v) is 5.41. The highest BCUT2D eigenvalue weighted by atomic mass is 16.5. The SMILES string of the molecule is C=COCCNCCN=Cc1ccccc1. The van der Waals surface area contributed by atoms with E-state index in [0.29, 0.717) is 6.61 Å². The molecule has 0 saturated heterocycles. The van der Waals surface area contributed by atoms with E-state index in [1.54, 1.807) is 0 Å². The van der Waals surface area contributed by atoms with Crippen LogP contribution in [0.15, 0.2) is 48.2 Å². The fraction of sp³-hybridized carbons (Fsp3) is 0.308. The van der Waals surface area contributed by atoms with Crippen LogP contribution in [0.3, 0.4) is 0 Å². The highest BCUT2D eigenvalue weighted by molar-refractivity contribution is 5.79. The smallest absolute Gasteiger partial charge is 0.0997 e. The van der Waals surface area contributed by atoms with Crippen molar-refractivity contribution < 1.29 is 4.74 Å². The van der Waals surface area contributed by atoms with Gasteiger partial charge in [-0.1, -0.05) is 36.9 Å². The van der Waals surface area contributed by atoms with Crippen molar-refractivity contribution in [1.29, 1.82) is 0 Å². The van der Waals surface area contributed by atoms with E-state index >= 15 is 0 Å². The molecule has 0 radical (unpaired) electrons. The minimum absolute atomic E-state index is 0.659. The molecular weight excluding hydrogens is 200 g/mol. The number of hydrogen-bond acceptors (Lipinski definition) is 3. The molecule has 3 heteroatoms. The van der Waals surface area contributed by atoms with Gasteiger partial charge in [-0.15, -0.1) is 0 Å². The highest BCUT2D eigenvalue weighted by Crippen LogP contribution is 1.93. The van der Waals surface area contributed by atoms with Crippen molar-refractivity contribution in [2.45, 2.75) is 0 Å². The van der Waals surface area contributed by atoms with Crippen molar-refractivity contribution in [3.63, 3.8) is 0 Å². The largest absolute Gasteiger partial charge is 0.500 e. The van der Waals surface area contributed by atoms with Crippen LogP contribution in [0.2, 0.25) is 0 Å². The van der Waals surface area contributed by atoms with Crippen molar-refractivity contribution in [3.8, 4) is 0 Å². The van der Waals surface area contributed by atoms with Crippen molar-refractivity contribution in [1.82, 2.24) is 5.32 Å². The third kappa shape index (κ3) is 5.98. The molecule has 0 heterocycles. The van der Waals surface area contributed by atoms with Crippen LogP contribution in [0.5, 0.6) is 0 Å². The molecule has 0 aliphatic heterocycles. The Morgan fingerprint density at radius 2 is 2.06 bits per heavy atom. The molecule has 1 aromatic carbocycles. The molecule has 0 unspecified atom stereocenters. The molecular formula is C13H18N2O. The number of rotatable bonds is 8. The molecule has 0 spiro atoms. The van der Waals surface area contributed by atoms with E-state index in [4.69, 9.17) is 4.74 Å². The average Bonchev–Trinajstić information content (AvgIpc) is 2.34. The minimum atomic E-state index is 0.659. The second-order valence-electron chi connectivity index (χ2n) is 3.23. The van der Waals surface area contributed by atoms with Gasteiger partial charge < -0.3 is 10.1 Å². The predicted octanol–water partition coefficient (Wildman–Crippen LogP) is 1.86. The summed E-state index contributed by atoms with van der Waals surface area (Å²) >= 11 is 0. The van der Waals surface area contributed by atoms with E-state index in [0.717, 1.165) is 25.2 Å². The standard InChI is InChI=1S/C13H18N2O/c1-2-16-11-10-14-8-9-15-12-13-6-4-3-5-7-13/h2-7,12,14H,1,8-11H2. The van der Waals surface area contributed by atoms with Gasteiger partial charge in [0, 0.05) is 19.3 Å². The molecule has 1 aromatic rings. The van der Waals surface area contributed by atoms with E-state index in [9.17, 15) is 0 Å². The summed E-state index contributed by atoms with van der Waals surface area (Å²) in [5.41, 5.74) is 1.14. The topological polar surface area (TPSA) is 33.6 Å².